The fourth-order valence-electron chi connectivity index (χ4n) is 1.58. The molecule has 1 atom stereocenters. The zero-order chi connectivity index (χ0) is 17.1. The van der Waals surface area contributed by atoms with Crippen LogP contribution in [0.2, 0.25) is 0 Å². The summed E-state index contributed by atoms with van der Waals surface area (Å²) in [5.41, 5.74) is 0. The standard InChI is InChI=1S/C9H19.C4H6O7S.Na/c1-4-7-8-9(5-2)6-3;5-3(6)1-2(4(7)8)12(9,10)11;/h4,9H,5-8H2,1-3H3;2H,1H2,(H,5,6)(H,7,8)(H,9,10,11);/q-1;;+1. The molecule has 0 aliphatic rings. The number of carboxylic acids is 2. The van der Waals surface area contributed by atoms with E-state index in [4.69, 9.17) is 14.8 Å². The maximum atomic E-state index is 10.2. The first-order valence-electron chi connectivity index (χ1n) is 6.78. The third-order valence-electron chi connectivity index (χ3n) is 3.01. The van der Waals surface area contributed by atoms with Gasteiger partial charge in [0.1, 0.15) is 0 Å². The molecule has 0 amide bonds. The fraction of sp³-hybridized carbons (Fsp3) is 0.769. The normalized spacial score (nSPS) is 11.9. The van der Waals surface area contributed by atoms with Crippen LogP contribution in [0.1, 0.15) is 52.9 Å². The molecule has 0 aromatic rings. The van der Waals surface area contributed by atoms with E-state index in [-0.39, 0.29) is 29.6 Å². The molecule has 3 N–H and O–H groups in total. The summed E-state index contributed by atoms with van der Waals surface area (Å²) in [6.45, 7) is 6.70. The van der Waals surface area contributed by atoms with Crippen LogP contribution in [0.4, 0.5) is 0 Å². The van der Waals surface area contributed by atoms with Crippen LogP contribution < -0.4 is 29.6 Å². The molecule has 0 spiro atoms. The van der Waals surface area contributed by atoms with E-state index in [1.54, 1.807) is 0 Å². The Balaban J connectivity index is -0.000000326. The van der Waals surface area contributed by atoms with Gasteiger partial charge in [-0.05, 0) is 5.92 Å². The van der Waals surface area contributed by atoms with Crippen LogP contribution in [0.5, 0.6) is 0 Å². The van der Waals surface area contributed by atoms with Crippen molar-refractivity contribution in [2.24, 2.45) is 5.92 Å². The summed E-state index contributed by atoms with van der Waals surface area (Å²) >= 11 is 0. The van der Waals surface area contributed by atoms with E-state index in [9.17, 15) is 18.0 Å². The molecule has 0 saturated carbocycles. The van der Waals surface area contributed by atoms with E-state index in [2.05, 4.69) is 27.2 Å². The molecule has 1 unspecified atom stereocenters. The van der Waals surface area contributed by atoms with Crippen LogP contribution in [-0.2, 0) is 19.7 Å². The minimum atomic E-state index is -4.84. The second kappa shape index (κ2) is 14.4. The molecule has 0 aromatic carbocycles. The van der Waals surface area contributed by atoms with Gasteiger partial charge >= 0.3 is 41.5 Å². The van der Waals surface area contributed by atoms with Crippen LogP contribution in [-0.4, -0.2) is 40.4 Å². The van der Waals surface area contributed by atoms with Crippen LogP contribution in [0.3, 0.4) is 0 Å². The molecule has 0 bridgehead atoms. The van der Waals surface area contributed by atoms with E-state index in [0.717, 1.165) is 5.92 Å². The molecule has 0 heterocycles. The molecule has 0 saturated heterocycles. The Labute approximate surface area is 154 Å². The van der Waals surface area contributed by atoms with Crippen molar-refractivity contribution >= 4 is 22.1 Å². The quantitative estimate of drug-likeness (QED) is 0.283. The van der Waals surface area contributed by atoms with Crippen molar-refractivity contribution < 1.29 is 62.3 Å². The van der Waals surface area contributed by atoms with Crippen molar-refractivity contribution in [3.63, 3.8) is 0 Å². The van der Waals surface area contributed by atoms with Gasteiger partial charge in [-0.25, -0.2) is 0 Å². The number of carbonyl (C=O) groups is 2. The third kappa shape index (κ3) is 14.8. The molecular weight excluding hydrogens is 323 g/mol. The summed E-state index contributed by atoms with van der Waals surface area (Å²) in [7, 11) is -4.84. The van der Waals surface area contributed by atoms with Gasteiger partial charge in [-0.3, -0.25) is 14.1 Å². The van der Waals surface area contributed by atoms with Crippen LogP contribution in [0.15, 0.2) is 0 Å². The minimum absolute atomic E-state index is 0. The Morgan fingerprint density at radius 2 is 1.59 bits per heavy atom. The van der Waals surface area contributed by atoms with Crippen LogP contribution in [0, 0.1) is 12.3 Å². The second-order valence-electron chi connectivity index (χ2n) is 4.61. The van der Waals surface area contributed by atoms with Gasteiger partial charge < -0.3 is 16.6 Å². The van der Waals surface area contributed by atoms with Crippen molar-refractivity contribution in [1.82, 2.24) is 0 Å². The largest absolute Gasteiger partial charge is 1.00 e. The summed E-state index contributed by atoms with van der Waals surface area (Å²) in [4.78, 5) is 20.0. The first-order valence-corrected chi connectivity index (χ1v) is 8.29. The molecule has 126 valence electrons. The number of rotatable bonds is 9. The molecule has 0 aliphatic heterocycles. The number of hydrogen-bond acceptors (Lipinski definition) is 4. The predicted octanol–water partition coefficient (Wildman–Crippen LogP) is -0.767. The van der Waals surface area contributed by atoms with Gasteiger partial charge in [-0.15, -0.1) is 0 Å². The van der Waals surface area contributed by atoms with Gasteiger partial charge in [0.05, 0.1) is 6.42 Å². The first kappa shape index (κ1) is 26.7. The van der Waals surface area contributed by atoms with Gasteiger partial charge in [0, 0.05) is 0 Å². The van der Waals surface area contributed by atoms with E-state index in [0.29, 0.717) is 0 Å². The average molecular weight is 348 g/mol. The van der Waals surface area contributed by atoms with E-state index in [1.807, 2.05) is 0 Å². The summed E-state index contributed by atoms with van der Waals surface area (Å²) in [5, 5.41) is 13.9. The Bertz CT molecular complexity index is 405. The van der Waals surface area contributed by atoms with Crippen LogP contribution in [0.25, 0.3) is 0 Å². The smallest absolute Gasteiger partial charge is 0.481 e. The van der Waals surface area contributed by atoms with E-state index in [1.165, 1.54) is 25.7 Å². The fourth-order valence-corrected chi connectivity index (χ4v) is 2.19. The molecule has 0 rings (SSSR count). The monoisotopic (exact) mass is 348 g/mol. The predicted molar refractivity (Wildman–Crippen MR) is 78.5 cm³/mol. The number of aliphatic carboxylic acids is 2. The summed E-state index contributed by atoms with van der Waals surface area (Å²) in [6.07, 6.45) is 6.50. The van der Waals surface area contributed by atoms with Gasteiger partial charge in [0.2, 0.25) is 0 Å². The first-order chi connectivity index (χ1) is 9.59. The van der Waals surface area contributed by atoms with Crippen molar-refractivity contribution in [3.05, 3.63) is 6.42 Å². The molecule has 0 radical (unpaired) electrons. The van der Waals surface area contributed by atoms with Crippen molar-refractivity contribution in [1.29, 1.82) is 0 Å². The van der Waals surface area contributed by atoms with Gasteiger partial charge in [0.25, 0.3) is 10.1 Å². The third-order valence-corrected chi connectivity index (χ3v) is 4.10. The molecule has 0 aromatic heterocycles. The molecular formula is C13H25NaO7S. The van der Waals surface area contributed by atoms with Gasteiger partial charge in [0.15, 0.2) is 5.25 Å². The van der Waals surface area contributed by atoms with E-state index >= 15 is 0 Å². The Hall–Kier alpha value is -0.150. The summed E-state index contributed by atoms with van der Waals surface area (Å²) < 4.78 is 28.7. The van der Waals surface area contributed by atoms with Crippen molar-refractivity contribution in [2.75, 3.05) is 0 Å². The molecule has 9 heteroatoms. The molecule has 0 fully saturated rings. The Kier molecular flexibility index (Phi) is 17.5. The second-order valence-corrected chi connectivity index (χ2v) is 6.21. The van der Waals surface area contributed by atoms with Crippen LogP contribution >= 0.6 is 0 Å². The topological polar surface area (TPSA) is 129 Å². The van der Waals surface area contributed by atoms with Crippen molar-refractivity contribution in [2.45, 2.75) is 58.1 Å². The number of unbranched alkanes of at least 4 members (excludes halogenated alkanes) is 1. The minimum Gasteiger partial charge on any atom is -0.481 e. The molecule has 0 aliphatic carbocycles. The number of hydrogen-bond donors (Lipinski definition) is 3. The zero-order valence-corrected chi connectivity index (χ0v) is 16.5. The zero-order valence-electron chi connectivity index (χ0n) is 13.7. The molecule has 22 heavy (non-hydrogen) atoms. The average Bonchev–Trinajstić information content (AvgIpc) is 2.36. The summed E-state index contributed by atoms with van der Waals surface area (Å²) in [5.74, 6) is -2.53. The van der Waals surface area contributed by atoms with Crippen molar-refractivity contribution in [3.8, 4) is 0 Å². The summed E-state index contributed by atoms with van der Waals surface area (Å²) in [6, 6.07) is 0. The van der Waals surface area contributed by atoms with Gasteiger partial charge in [-0.1, -0.05) is 33.1 Å². The Morgan fingerprint density at radius 1 is 1.14 bits per heavy atom. The molecule has 7 nitrogen and oxygen atoms in total. The van der Waals surface area contributed by atoms with Gasteiger partial charge in [-0.2, -0.15) is 21.8 Å². The SMILES string of the molecule is C[CH-]CCC(CC)CC.O=C(O)CC(C(=O)O)S(=O)(=O)O.[Na+]. The van der Waals surface area contributed by atoms with E-state index < -0.39 is 33.7 Å². The maximum Gasteiger partial charge on any atom is 1.00 e. The Morgan fingerprint density at radius 3 is 1.77 bits per heavy atom. The number of carboxylic acid groups (broad SMARTS) is 2. The maximum absolute atomic E-state index is 10.2.